The average molecular weight is 192 g/mol. The molecule has 0 radical (unpaired) electrons. The summed E-state index contributed by atoms with van der Waals surface area (Å²) in [5, 5.41) is 11.7. The highest BCUT2D eigenvalue weighted by Gasteiger charge is 2.15. The number of anilines is 1. The molecule has 3 heteroatoms. The van der Waals surface area contributed by atoms with E-state index in [4.69, 9.17) is 5.26 Å². The number of hydrogen-bond donors (Lipinski definition) is 1. The van der Waals surface area contributed by atoms with Gasteiger partial charge >= 0.3 is 0 Å². The van der Waals surface area contributed by atoms with Crippen molar-refractivity contribution in [1.82, 2.24) is 0 Å². The normalized spacial score (nSPS) is 10.8. The Bertz CT molecular complexity index is 357. The Balaban J connectivity index is 2.94. The molecule has 0 saturated heterocycles. The molecule has 74 valence electrons. The van der Waals surface area contributed by atoms with E-state index in [2.05, 4.69) is 11.4 Å². The highest BCUT2D eigenvalue weighted by molar-refractivity contribution is 5.49. The van der Waals surface area contributed by atoms with E-state index in [1.807, 2.05) is 13.0 Å². The maximum atomic E-state index is 13.0. The van der Waals surface area contributed by atoms with Crippen LogP contribution in [0.3, 0.4) is 0 Å². The van der Waals surface area contributed by atoms with Gasteiger partial charge in [-0.25, -0.2) is 4.39 Å². The summed E-state index contributed by atoms with van der Waals surface area (Å²) in [7, 11) is 0. The summed E-state index contributed by atoms with van der Waals surface area (Å²) < 4.78 is 13.0. The molecule has 1 N–H and O–H groups in total. The van der Waals surface area contributed by atoms with Crippen molar-refractivity contribution in [2.75, 3.05) is 5.32 Å². The lowest BCUT2D eigenvalue weighted by Crippen LogP contribution is -2.28. The van der Waals surface area contributed by atoms with Gasteiger partial charge in [0.1, 0.15) is 11.4 Å². The molecule has 0 aliphatic carbocycles. The number of aryl methyl sites for hydroxylation is 1. The third-order valence-electron chi connectivity index (χ3n) is 1.78. The predicted octanol–water partition coefficient (Wildman–Crippen LogP) is 2.85. The Morgan fingerprint density at radius 1 is 1.36 bits per heavy atom. The van der Waals surface area contributed by atoms with Crippen LogP contribution in [0, 0.1) is 24.1 Å². The van der Waals surface area contributed by atoms with Crippen molar-refractivity contribution >= 4 is 5.69 Å². The van der Waals surface area contributed by atoms with Gasteiger partial charge in [0.15, 0.2) is 0 Å². The molecule has 0 atom stereocenters. The van der Waals surface area contributed by atoms with Gasteiger partial charge in [-0.1, -0.05) is 0 Å². The largest absolute Gasteiger partial charge is 0.368 e. The minimum atomic E-state index is -0.680. The van der Waals surface area contributed by atoms with Gasteiger partial charge in [-0.05, 0) is 44.5 Å². The van der Waals surface area contributed by atoms with Gasteiger partial charge < -0.3 is 5.32 Å². The number of nitriles is 1. The van der Waals surface area contributed by atoms with Crippen molar-refractivity contribution in [3.63, 3.8) is 0 Å². The summed E-state index contributed by atoms with van der Waals surface area (Å²) in [5.41, 5.74) is 0.788. The highest BCUT2D eigenvalue weighted by Crippen LogP contribution is 2.17. The first kappa shape index (κ1) is 10.5. The van der Waals surface area contributed by atoms with Crippen molar-refractivity contribution in [2.24, 2.45) is 0 Å². The van der Waals surface area contributed by atoms with Crippen LogP contribution in [0.15, 0.2) is 18.2 Å². The Morgan fingerprint density at radius 3 is 2.50 bits per heavy atom. The molecule has 1 aromatic carbocycles. The highest BCUT2D eigenvalue weighted by atomic mass is 19.1. The van der Waals surface area contributed by atoms with Crippen molar-refractivity contribution in [1.29, 1.82) is 5.26 Å². The minimum absolute atomic E-state index is 0.291. The van der Waals surface area contributed by atoms with E-state index in [1.165, 1.54) is 12.1 Å². The smallest absolute Gasteiger partial charge is 0.125 e. The molecular formula is C11H13FN2. The number of halogens is 1. The Hall–Kier alpha value is -1.56. The lowest BCUT2D eigenvalue weighted by molar-refractivity contribution is 0.625. The van der Waals surface area contributed by atoms with Crippen LogP contribution in [0.2, 0.25) is 0 Å². The molecule has 1 rings (SSSR count). The fourth-order valence-electron chi connectivity index (χ4n) is 1.20. The average Bonchev–Trinajstić information content (AvgIpc) is 2.01. The standard InChI is InChI=1S/C11H13FN2/c1-8-4-9(12)6-10(5-8)14-11(2,3)7-13/h4-6,14H,1-3H3. The SMILES string of the molecule is Cc1cc(F)cc(NC(C)(C)C#N)c1. The maximum Gasteiger partial charge on any atom is 0.125 e. The quantitative estimate of drug-likeness (QED) is 0.782. The lowest BCUT2D eigenvalue weighted by Gasteiger charge is -2.19. The van der Waals surface area contributed by atoms with Crippen molar-refractivity contribution in [2.45, 2.75) is 26.3 Å². The van der Waals surface area contributed by atoms with Gasteiger partial charge in [-0.2, -0.15) is 5.26 Å². The maximum absolute atomic E-state index is 13.0. The molecule has 0 saturated carbocycles. The van der Waals surface area contributed by atoms with Crippen LogP contribution < -0.4 is 5.32 Å². The van der Waals surface area contributed by atoms with Gasteiger partial charge in [0.25, 0.3) is 0 Å². The summed E-state index contributed by atoms with van der Waals surface area (Å²) >= 11 is 0. The van der Waals surface area contributed by atoms with Gasteiger partial charge in [0, 0.05) is 5.69 Å². The molecule has 0 aromatic heterocycles. The summed E-state index contributed by atoms with van der Waals surface area (Å²) in [6.07, 6.45) is 0. The van der Waals surface area contributed by atoms with Crippen LogP contribution in [0.25, 0.3) is 0 Å². The summed E-state index contributed by atoms with van der Waals surface area (Å²) in [6, 6.07) is 6.73. The zero-order valence-corrected chi connectivity index (χ0v) is 8.56. The molecular weight excluding hydrogens is 179 g/mol. The van der Waals surface area contributed by atoms with E-state index >= 15 is 0 Å². The van der Waals surface area contributed by atoms with E-state index in [9.17, 15) is 4.39 Å². The molecule has 14 heavy (non-hydrogen) atoms. The second-order valence-corrected chi connectivity index (χ2v) is 3.88. The number of benzene rings is 1. The second-order valence-electron chi connectivity index (χ2n) is 3.88. The number of nitrogens with zero attached hydrogens (tertiary/aromatic N) is 1. The zero-order chi connectivity index (χ0) is 10.8. The Kier molecular flexibility index (Phi) is 2.76. The first-order valence-corrected chi connectivity index (χ1v) is 4.39. The van der Waals surface area contributed by atoms with Crippen LogP contribution >= 0.6 is 0 Å². The molecule has 1 aromatic rings. The number of nitrogens with one attached hydrogen (secondary N) is 1. The van der Waals surface area contributed by atoms with Crippen molar-refractivity contribution in [3.05, 3.63) is 29.6 Å². The van der Waals surface area contributed by atoms with Crippen LogP contribution in [-0.2, 0) is 0 Å². The molecule has 0 unspecified atom stereocenters. The summed E-state index contributed by atoms with van der Waals surface area (Å²) in [4.78, 5) is 0. The van der Waals surface area contributed by atoms with Crippen LogP contribution in [-0.4, -0.2) is 5.54 Å². The summed E-state index contributed by atoms with van der Waals surface area (Å²) in [6.45, 7) is 5.30. The van der Waals surface area contributed by atoms with Crippen LogP contribution in [0.1, 0.15) is 19.4 Å². The molecule has 0 aliphatic rings. The monoisotopic (exact) mass is 192 g/mol. The Labute approximate surface area is 83.4 Å². The molecule has 0 spiro atoms. The first-order chi connectivity index (χ1) is 6.43. The van der Waals surface area contributed by atoms with Crippen molar-refractivity contribution < 1.29 is 4.39 Å². The van der Waals surface area contributed by atoms with E-state index < -0.39 is 5.54 Å². The van der Waals surface area contributed by atoms with Crippen LogP contribution in [0.5, 0.6) is 0 Å². The second kappa shape index (κ2) is 3.67. The predicted molar refractivity (Wildman–Crippen MR) is 54.5 cm³/mol. The van der Waals surface area contributed by atoms with Gasteiger partial charge in [-0.3, -0.25) is 0 Å². The van der Waals surface area contributed by atoms with E-state index in [0.717, 1.165) is 5.56 Å². The van der Waals surface area contributed by atoms with E-state index in [-0.39, 0.29) is 5.82 Å². The fourth-order valence-corrected chi connectivity index (χ4v) is 1.20. The van der Waals surface area contributed by atoms with E-state index in [0.29, 0.717) is 5.69 Å². The molecule has 2 nitrogen and oxygen atoms in total. The molecule has 0 heterocycles. The van der Waals surface area contributed by atoms with E-state index in [1.54, 1.807) is 13.8 Å². The van der Waals surface area contributed by atoms with Crippen molar-refractivity contribution in [3.8, 4) is 6.07 Å². The van der Waals surface area contributed by atoms with Gasteiger partial charge in [0.2, 0.25) is 0 Å². The molecule has 0 bridgehead atoms. The fraction of sp³-hybridized carbons (Fsp3) is 0.364. The molecule has 0 fully saturated rings. The zero-order valence-electron chi connectivity index (χ0n) is 8.56. The Morgan fingerprint density at radius 2 is 2.00 bits per heavy atom. The number of rotatable bonds is 2. The molecule has 0 amide bonds. The van der Waals surface area contributed by atoms with Crippen LogP contribution in [0.4, 0.5) is 10.1 Å². The van der Waals surface area contributed by atoms with Gasteiger partial charge in [-0.15, -0.1) is 0 Å². The number of hydrogen-bond acceptors (Lipinski definition) is 2. The molecule has 0 aliphatic heterocycles. The third-order valence-corrected chi connectivity index (χ3v) is 1.78. The minimum Gasteiger partial charge on any atom is -0.368 e. The first-order valence-electron chi connectivity index (χ1n) is 4.39. The topological polar surface area (TPSA) is 35.8 Å². The lowest BCUT2D eigenvalue weighted by atomic mass is 10.1. The third kappa shape index (κ3) is 2.74. The summed E-state index contributed by atoms with van der Waals surface area (Å²) in [5.74, 6) is -0.291. The van der Waals surface area contributed by atoms with Gasteiger partial charge in [0.05, 0.1) is 6.07 Å².